The molecule has 0 spiro atoms. The van der Waals surface area contributed by atoms with E-state index in [1.165, 1.54) is 12.0 Å². The Hall–Kier alpha value is -0.820. The summed E-state index contributed by atoms with van der Waals surface area (Å²) in [7, 11) is 2.93. The average Bonchev–Trinajstić information content (AvgIpc) is 2.34. The number of esters is 1. The molecule has 0 heterocycles. The topological polar surface area (TPSA) is 41.6 Å². The highest BCUT2D eigenvalue weighted by molar-refractivity contribution is 5.80. The predicted molar refractivity (Wildman–Crippen MR) is 71.5 cm³/mol. The molecule has 0 aromatic heterocycles. The molecule has 0 aromatic rings. The molecule has 0 aliphatic rings. The van der Waals surface area contributed by atoms with E-state index in [0.717, 1.165) is 0 Å². The summed E-state index contributed by atoms with van der Waals surface area (Å²) in [6.45, 7) is 4.49. The Balaban J connectivity index is 4.46. The van der Waals surface area contributed by atoms with Crippen molar-refractivity contribution >= 4 is 5.97 Å². The average molecular weight is 298 g/mol. The second-order valence-corrected chi connectivity index (χ2v) is 5.36. The number of carbonyl (C=O) groups is 1. The highest BCUT2D eigenvalue weighted by atomic mass is 19.4. The summed E-state index contributed by atoms with van der Waals surface area (Å²) < 4.78 is 42.0. The van der Waals surface area contributed by atoms with Crippen LogP contribution in [0.3, 0.4) is 0 Å². The van der Waals surface area contributed by atoms with Gasteiger partial charge in [-0.25, -0.2) is 0 Å². The molecule has 0 aromatic carbocycles. The Labute approximate surface area is 118 Å². The van der Waals surface area contributed by atoms with Crippen molar-refractivity contribution in [2.75, 3.05) is 27.2 Å². The number of halogens is 3. The van der Waals surface area contributed by atoms with Gasteiger partial charge in [-0.3, -0.25) is 9.69 Å². The van der Waals surface area contributed by atoms with Gasteiger partial charge in [0.15, 0.2) is 0 Å². The van der Waals surface area contributed by atoms with Gasteiger partial charge in [0.1, 0.15) is 5.54 Å². The lowest BCUT2D eigenvalue weighted by atomic mass is 9.96. The summed E-state index contributed by atoms with van der Waals surface area (Å²) in [5.41, 5.74) is -0.865. The Morgan fingerprint density at radius 3 is 2.25 bits per heavy atom. The van der Waals surface area contributed by atoms with Gasteiger partial charge < -0.3 is 10.1 Å². The number of nitrogens with one attached hydrogen (secondary N) is 1. The monoisotopic (exact) mass is 298 g/mol. The van der Waals surface area contributed by atoms with Crippen molar-refractivity contribution in [3.63, 3.8) is 0 Å². The Morgan fingerprint density at radius 1 is 1.35 bits per heavy atom. The highest BCUT2D eigenvalue weighted by Crippen LogP contribution is 2.20. The molecule has 0 aliphatic carbocycles. The van der Waals surface area contributed by atoms with Gasteiger partial charge in [0, 0.05) is 6.04 Å². The Bertz CT molecular complexity index is 308. The lowest BCUT2D eigenvalue weighted by Gasteiger charge is -2.30. The van der Waals surface area contributed by atoms with Gasteiger partial charge in [0.05, 0.1) is 13.7 Å². The van der Waals surface area contributed by atoms with Crippen LogP contribution in [0.15, 0.2) is 0 Å². The number of ether oxygens (including phenoxy) is 1. The zero-order valence-corrected chi connectivity index (χ0v) is 12.8. The number of hydrogen-bond donors (Lipinski definition) is 1. The van der Waals surface area contributed by atoms with Crippen LogP contribution in [-0.2, 0) is 9.53 Å². The van der Waals surface area contributed by atoms with E-state index in [-0.39, 0.29) is 12.6 Å². The third-order valence-corrected chi connectivity index (χ3v) is 3.42. The summed E-state index contributed by atoms with van der Waals surface area (Å²) in [4.78, 5) is 13.0. The fourth-order valence-corrected chi connectivity index (χ4v) is 1.94. The number of nitrogens with zero attached hydrogens (tertiary/aromatic N) is 1. The van der Waals surface area contributed by atoms with Crippen molar-refractivity contribution < 1.29 is 22.7 Å². The molecule has 120 valence electrons. The maximum Gasteiger partial charge on any atom is 0.401 e. The van der Waals surface area contributed by atoms with E-state index < -0.39 is 24.2 Å². The van der Waals surface area contributed by atoms with Gasteiger partial charge in [0.25, 0.3) is 0 Å². The van der Waals surface area contributed by atoms with Crippen molar-refractivity contribution in [3.05, 3.63) is 0 Å². The first kappa shape index (κ1) is 19.2. The third-order valence-electron chi connectivity index (χ3n) is 3.42. The van der Waals surface area contributed by atoms with Crippen molar-refractivity contribution in [3.8, 4) is 0 Å². The summed E-state index contributed by atoms with van der Waals surface area (Å²) in [5, 5.41) is 2.87. The van der Waals surface area contributed by atoms with E-state index in [1.54, 1.807) is 27.8 Å². The van der Waals surface area contributed by atoms with Crippen LogP contribution < -0.4 is 5.32 Å². The molecule has 0 bridgehead atoms. The van der Waals surface area contributed by atoms with E-state index in [2.05, 4.69) is 5.32 Å². The number of carbonyl (C=O) groups excluding carboxylic acids is 1. The molecule has 0 fully saturated rings. The first-order valence-electron chi connectivity index (χ1n) is 6.64. The maximum atomic E-state index is 12.4. The van der Waals surface area contributed by atoms with Crippen molar-refractivity contribution in [1.29, 1.82) is 0 Å². The number of methoxy groups -OCH3 is 1. The van der Waals surface area contributed by atoms with Crippen molar-refractivity contribution in [2.24, 2.45) is 0 Å². The van der Waals surface area contributed by atoms with Gasteiger partial charge in [-0.2, -0.15) is 13.2 Å². The molecule has 1 unspecified atom stereocenters. The SMILES string of the molecule is CNC(C)(CCCN(CC(F)(F)F)C(C)C)C(=O)OC. The van der Waals surface area contributed by atoms with E-state index in [1.807, 2.05) is 0 Å². The van der Waals surface area contributed by atoms with Crippen LogP contribution in [0, 0.1) is 0 Å². The largest absolute Gasteiger partial charge is 0.468 e. The van der Waals surface area contributed by atoms with Gasteiger partial charge in [0.2, 0.25) is 0 Å². The fourth-order valence-electron chi connectivity index (χ4n) is 1.94. The van der Waals surface area contributed by atoms with Crippen LogP contribution in [0.4, 0.5) is 13.2 Å². The minimum atomic E-state index is -4.21. The molecular formula is C13H25F3N2O2. The molecule has 4 nitrogen and oxygen atoms in total. The van der Waals surface area contributed by atoms with Gasteiger partial charge >= 0.3 is 12.1 Å². The number of hydrogen-bond acceptors (Lipinski definition) is 4. The van der Waals surface area contributed by atoms with Crippen molar-refractivity contribution in [1.82, 2.24) is 10.2 Å². The number of likely N-dealkylation sites (N-methyl/N-ethyl adjacent to an activating group) is 1. The molecule has 0 saturated carbocycles. The molecule has 0 aliphatic heterocycles. The number of rotatable bonds is 8. The fraction of sp³-hybridized carbons (Fsp3) is 0.923. The lowest BCUT2D eigenvalue weighted by molar-refractivity contribution is -0.151. The lowest BCUT2D eigenvalue weighted by Crippen LogP contribution is -2.49. The molecule has 0 rings (SSSR count). The van der Waals surface area contributed by atoms with E-state index in [4.69, 9.17) is 4.74 Å². The van der Waals surface area contributed by atoms with Gasteiger partial charge in [-0.15, -0.1) is 0 Å². The molecule has 1 atom stereocenters. The van der Waals surface area contributed by atoms with E-state index in [0.29, 0.717) is 12.8 Å². The highest BCUT2D eigenvalue weighted by Gasteiger charge is 2.34. The second-order valence-electron chi connectivity index (χ2n) is 5.36. The minimum Gasteiger partial charge on any atom is -0.468 e. The normalized spacial score (nSPS) is 15.5. The second kappa shape index (κ2) is 7.83. The first-order chi connectivity index (χ1) is 9.05. The summed E-state index contributed by atoms with van der Waals surface area (Å²) in [6.07, 6.45) is -3.32. The van der Waals surface area contributed by atoms with E-state index in [9.17, 15) is 18.0 Å². The zero-order valence-electron chi connectivity index (χ0n) is 12.8. The van der Waals surface area contributed by atoms with Crippen LogP contribution in [0.25, 0.3) is 0 Å². The van der Waals surface area contributed by atoms with Gasteiger partial charge in [-0.1, -0.05) is 0 Å². The van der Waals surface area contributed by atoms with Crippen LogP contribution in [0.1, 0.15) is 33.6 Å². The zero-order chi connectivity index (χ0) is 16.0. The summed E-state index contributed by atoms with van der Waals surface area (Å²) >= 11 is 0. The molecule has 0 radical (unpaired) electrons. The third kappa shape index (κ3) is 6.56. The quantitative estimate of drug-likeness (QED) is 0.698. The molecule has 0 amide bonds. The number of alkyl halides is 3. The molecule has 0 saturated heterocycles. The van der Waals surface area contributed by atoms with Crippen LogP contribution in [-0.4, -0.2) is 55.9 Å². The van der Waals surface area contributed by atoms with Gasteiger partial charge in [-0.05, 0) is 47.2 Å². The molecular weight excluding hydrogens is 273 g/mol. The smallest absolute Gasteiger partial charge is 0.401 e. The van der Waals surface area contributed by atoms with Crippen LogP contribution >= 0.6 is 0 Å². The Morgan fingerprint density at radius 2 is 1.90 bits per heavy atom. The summed E-state index contributed by atoms with van der Waals surface area (Å²) in [5.74, 6) is -0.410. The predicted octanol–water partition coefficient (Wildman–Crippen LogP) is 2.19. The molecule has 20 heavy (non-hydrogen) atoms. The maximum absolute atomic E-state index is 12.4. The van der Waals surface area contributed by atoms with Crippen LogP contribution in [0.2, 0.25) is 0 Å². The van der Waals surface area contributed by atoms with Crippen LogP contribution in [0.5, 0.6) is 0 Å². The first-order valence-corrected chi connectivity index (χ1v) is 6.64. The minimum absolute atomic E-state index is 0.199. The standard InChI is InChI=1S/C13H25F3N2O2/c1-10(2)18(9-13(14,15)16)8-6-7-12(3,17-4)11(19)20-5/h10,17H,6-9H2,1-5H3. The Kier molecular flexibility index (Phi) is 7.51. The summed E-state index contributed by atoms with van der Waals surface area (Å²) in [6, 6.07) is -0.199. The van der Waals surface area contributed by atoms with Crippen molar-refractivity contribution in [2.45, 2.75) is 51.4 Å². The molecule has 7 heteroatoms. The molecule has 1 N–H and O–H groups in total. The van der Waals surface area contributed by atoms with E-state index >= 15 is 0 Å².